The molecule has 0 aromatic rings. The highest BCUT2D eigenvalue weighted by Crippen LogP contribution is 2.15. The molecule has 1 unspecified atom stereocenters. The molecule has 0 radical (unpaired) electrons. The Morgan fingerprint density at radius 2 is 1.65 bits per heavy atom. The van der Waals surface area contributed by atoms with Gasteiger partial charge in [-0.3, -0.25) is 4.79 Å². The standard InChI is InChI=1S/C14H29NO2/c1-4-12(5-2)11-17-14(16)8-7-13(6-3)9-10-15/h12-13H,4-11,15H2,1-3H3. The monoisotopic (exact) mass is 243 g/mol. The van der Waals surface area contributed by atoms with Crippen molar-refractivity contribution in [2.24, 2.45) is 17.6 Å². The van der Waals surface area contributed by atoms with Crippen molar-refractivity contribution in [3.8, 4) is 0 Å². The molecule has 1 atom stereocenters. The molecule has 0 aliphatic heterocycles. The molecule has 0 saturated heterocycles. The lowest BCUT2D eigenvalue weighted by Gasteiger charge is -2.15. The zero-order valence-electron chi connectivity index (χ0n) is 11.7. The molecule has 0 amide bonds. The van der Waals surface area contributed by atoms with E-state index < -0.39 is 0 Å². The van der Waals surface area contributed by atoms with Crippen LogP contribution in [0.4, 0.5) is 0 Å². The van der Waals surface area contributed by atoms with Crippen LogP contribution in [0.3, 0.4) is 0 Å². The van der Waals surface area contributed by atoms with E-state index >= 15 is 0 Å². The van der Waals surface area contributed by atoms with Gasteiger partial charge < -0.3 is 10.5 Å². The summed E-state index contributed by atoms with van der Waals surface area (Å²) in [6.07, 6.45) is 5.71. The van der Waals surface area contributed by atoms with Gasteiger partial charge in [-0.25, -0.2) is 0 Å². The fourth-order valence-electron chi connectivity index (χ4n) is 1.92. The molecule has 102 valence electrons. The average molecular weight is 243 g/mol. The molecule has 0 spiro atoms. The molecule has 0 rings (SSSR count). The number of nitrogens with two attached hydrogens (primary N) is 1. The van der Waals surface area contributed by atoms with Crippen LogP contribution in [0.15, 0.2) is 0 Å². The molecule has 3 nitrogen and oxygen atoms in total. The molecule has 2 N–H and O–H groups in total. The predicted octanol–water partition coefficient (Wildman–Crippen LogP) is 3.12. The van der Waals surface area contributed by atoms with Gasteiger partial charge in [0.25, 0.3) is 0 Å². The quantitative estimate of drug-likeness (QED) is 0.600. The smallest absolute Gasteiger partial charge is 0.305 e. The van der Waals surface area contributed by atoms with Crippen molar-refractivity contribution in [3.63, 3.8) is 0 Å². The average Bonchev–Trinajstić information content (AvgIpc) is 2.35. The van der Waals surface area contributed by atoms with Crippen LogP contribution in [-0.4, -0.2) is 19.1 Å². The number of carbonyl (C=O) groups is 1. The molecule has 0 bridgehead atoms. The molecule has 0 fully saturated rings. The minimum Gasteiger partial charge on any atom is -0.465 e. The Morgan fingerprint density at radius 3 is 2.12 bits per heavy atom. The van der Waals surface area contributed by atoms with E-state index in [2.05, 4.69) is 20.8 Å². The van der Waals surface area contributed by atoms with Crippen LogP contribution in [-0.2, 0) is 9.53 Å². The highest BCUT2D eigenvalue weighted by molar-refractivity contribution is 5.69. The van der Waals surface area contributed by atoms with Gasteiger partial charge in [-0.05, 0) is 31.2 Å². The maximum Gasteiger partial charge on any atom is 0.305 e. The zero-order valence-corrected chi connectivity index (χ0v) is 11.7. The summed E-state index contributed by atoms with van der Waals surface area (Å²) in [6, 6.07) is 0. The summed E-state index contributed by atoms with van der Waals surface area (Å²) >= 11 is 0. The molecule has 0 aliphatic carbocycles. The minimum absolute atomic E-state index is 0.0487. The first-order valence-corrected chi connectivity index (χ1v) is 7.03. The van der Waals surface area contributed by atoms with Gasteiger partial charge in [-0.15, -0.1) is 0 Å². The first-order valence-electron chi connectivity index (χ1n) is 7.03. The highest BCUT2D eigenvalue weighted by Gasteiger charge is 2.11. The Morgan fingerprint density at radius 1 is 1.06 bits per heavy atom. The second-order valence-corrected chi connectivity index (χ2v) is 4.76. The van der Waals surface area contributed by atoms with Gasteiger partial charge in [-0.1, -0.05) is 40.0 Å². The third kappa shape index (κ3) is 8.19. The second-order valence-electron chi connectivity index (χ2n) is 4.76. The summed E-state index contributed by atoms with van der Waals surface area (Å²) in [5, 5.41) is 0. The van der Waals surface area contributed by atoms with E-state index in [9.17, 15) is 4.79 Å². The summed E-state index contributed by atoms with van der Waals surface area (Å²) < 4.78 is 5.29. The molecular formula is C14H29NO2. The first kappa shape index (κ1) is 16.4. The van der Waals surface area contributed by atoms with Crippen molar-refractivity contribution in [3.05, 3.63) is 0 Å². The fraction of sp³-hybridized carbons (Fsp3) is 0.929. The number of esters is 1. The summed E-state index contributed by atoms with van der Waals surface area (Å²) in [7, 11) is 0. The molecule has 0 saturated carbocycles. The SMILES string of the molecule is CCC(CCN)CCC(=O)OCC(CC)CC. The molecular weight excluding hydrogens is 214 g/mol. The van der Waals surface area contributed by atoms with Gasteiger partial charge in [0.1, 0.15) is 0 Å². The molecule has 17 heavy (non-hydrogen) atoms. The van der Waals surface area contributed by atoms with Crippen molar-refractivity contribution >= 4 is 5.97 Å². The van der Waals surface area contributed by atoms with E-state index in [1.807, 2.05) is 0 Å². The fourth-order valence-corrected chi connectivity index (χ4v) is 1.92. The maximum atomic E-state index is 11.6. The Kier molecular flexibility index (Phi) is 10.2. The summed E-state index contributed by atoms with van der Waals surface area (Å²) in [4.78, 5) is 11.6. The summed E-state index contributed by atoms with van der Waals surface area (Å²) in [6.45, 7) is 7.71. The van der Waals surface area contributed by atoms with Crippen LogP contribution in [0.2, 0.25) is 0 Å². The Bertz CT molecular complexity index is 191. The van der Waals surface area contributed by atoms with Gasteiger partial charge in [0.2, 0.25) is 0 Å². The van der Waals surface area contributed by atoms with Crippen LogP contribution in [0, 0.1) is 11.8 Å². The van der Waals surface area contributed by atoms with E-state index in [1.54, 1.807) is 0 Å². The Balaban J connectivity index is 3.70. The van der Waals surface area contributed by atoms with Crippen LogP contribution < -0.4 is 5.73 Å². The van der Waals surface area contributed by atoms with Crippen molar-refractivity contribution in [2.45, 2.75) is 59.3 Å². The lowest BCUT2D eigenvalue weighted by atomic mass is 9.97. The minimum atomic E-state index is -0.0487. The number of ether oxygens (including phenoxy) is 1. The zero-order chi connectivity index (χ0) is 13.1. The number of hydrogen-bond acceptors (Lipinski definition) is 3. The van der Waals surface area contributed by atoms with Gasteiger partial charge in [0.05, 0.1) is 6.61 Å². The molecule has 0 heterocycles. The Hall–Kier alpha value is -0.570. The van der Waals surface area contributed by atoms with E-state index in [0.717, 1.165) is 32.1 Å². The van der Waals surface area contributed by atoms with Crippen molar-refractivity contribution in [1.29, 1.82) is 0 Å². The summed E-state index contributed by atoms with van der Waals surface area (Å²) in [5.74, 6) is 1.04. The van der Waals surface area contributed by atoms with Crippen LogP contribution >= 0.6 is 0 Å². The van der Waals surface area contributed by atoms with E-state index in [-0.39, 0.29) is 5.97 Å². The second kappa shape index (κ2) is 10.6. The van der Waals surface area contributed by atoms with Crippen molar-refractivity contribution in [1.82, 2.24) is 0 Å². The van der Waals surface area contributed by atoms with E-state index in [1.165, 1.54) is 0 Å². The maximum absolute atomic E-state index is 11.6. The number of carbonyl (C=O) groups excluding carboxylic acids is 1. The molecule has 0 aromatic heterocycles. The molecule has 0 aliphatic rings. The Labute approximate surface area is 106 Å². The highest BCUT2D eigenvalue weighted by atomic mass is 16.5. The van der Waals surface area contributed by atoms with Gasteiger partial charge in [-0.2, -0.15) is 0 Å². The first-order chi connectivity index (χ1) is 8.17. The van der Waals surface area contributed by atoms with Crippen LogP contribution in [0.1, 0.15) is 59.3 Å². The third-order valence-electron chi connectivity index (χ3n) is 3.54. The van der Waals surface area contributed by atoms with Crippen LogP contribution in [0.25, 0.3) is 0 Å². The summed E-state index contributed by atoms with van der Waals surface area (Å²) in [5.41, 5.74) is 5.53. The van der Waals surface area contributed by atoms with Crippen molar-refractivity contribution in [2.75, 3.05) is 13.2 Å². The third-order valence-corrected chi connectivity index (χ3v) is 3.54. The van der Waals surface area contributed by atoms with Crippen LogP contribution in [0.5, 0.6) is 0 Å². The van der Waals surface area contributed by atoms with E-state index in [0.29, 0.717) is 31.4 Å². The van der Waals surface area contributed by atoms with Gasteiger partial charge >= 0.3 is 5.97 Å². The largest absolute Gasteiger partial charge is 0.465 e. The normalized spacial score (nSPS) is 12.8. The predicted molar refractivity (Wildman–Crippen MR) is 71.7 cm³/mol. The van der Waals surface area contributed by atoms with Crippen molar-refractivity contribution < 1.29 is 9.53 Å². The number of rotatable bonds is 10. The number of hydrogen-bond donors (Lipinski definition) is 1. The molecule has 0 aromatic carbocycles. The topological polar surface area (TPSA) is 52.3 Å². The van der Waals surface area contributed by atoms with Gasteiger partial charge in [0, 0.05) is 6.42 Å². The lowest BCUT2D eigenvalue weighted by Crippen LogP contribution is -2.15. The molecule has 3 heteroatoms. The van der Waals surface area contributed by atoms with Gasteiger partial charge in [0.15, 0.2) is 0 Å². The lowest BCUT2D eigenvalue weighted by molar-refractivity contribution is -0.145. The van der Waals surface area contributed by atoms with E-state index in [4.69, 9.17) is 10.5 Å².